The molecule has 1 aromatic heterocycles. The van der Waals surface area contributed by atoms with E-state index in [9.17, 15) is 23.1 Å². The average molecular weight is 435 g/mol. The van der Waals surface area contributed by atoms with Gasteiger partial charge in [-0.2, -0.15) is 13.2 Å². The molecule has 0 bridgehead atoms. The second-order valence-electron chi connectivity index (χ2n) is 9.00. The molecule has 2 fully saturated rings. The van der Waals surface area contributed by atoms with Crippen molar-refractivity contribution in [1.29, 1.82) is 0 Å². The highest BCUT2D eigenvalue weighted by Gasteiger charge is 2.64. The van der Waals surface area contributed by atoms with Crippen LogP contribution >= 0.6 is 0 Å². The molecule has 1 aliphatic carbocycles. The van der Waals surface area contributed by atoms with Gasteiger partial charge in [0, 0.05) is 36.5 Å². The molecule has 166 valence electrons. The molecule has 3 N–H and O–H groups in total. The fraction of sp³-hybridized carbons (Fsp3) is 0.455. The van der Waals surface area contributed by atoms with Gasteiger partial charge in [0.25, 0.3) is 5.91 Å². The van der Waals surface area contributed by atoms with E-state index in [2.05, 4.69) is 4.98 Å². The van der Waals surface area contributed by atoms with Crippen LogP contribution in [0.15, 0.2) is 42.7 Å². The molecular weight excluding hydrogens is 411 g/mol. The summed E-state index contributed by atoms with van der Waals surface area (Å²) in [6.07, 6.45) is -1.50. The minimum Gasteiger partial charge on any atom is -0.380 e. The van der Waals surface area contributed by atoms with Crippen molar-refractivity contribution in [2.45, 2.75) is 37.0 Å². The minimum absolute atomic E-state index is 0.0559. The zero-order valence-corrected chi connectivity index (χ0v) is 17.2. The molecule has 9 heteroatoms. The molecule has 0 unspecified atom stereocenters. The van der Waals surface area contributed by atoms with Crippen LogP contribution in [0.5, 0.6) is 0 Å². The first kappa shape index (κ1) is 21.7. The average Bonchev–Trinajstić information content (AvgIpc) is 3.54. The van der Waals surface area contributed by atoms with E-state index in [4.69, 9.17) is 5.21 Å². The van der Waals surface area contributed by atoms with Crippen LogP contribution in [0.2, 0.25) is 0 Å². The molecule has 6 nitrogen and oxygen atoms in total. The number of carbonyl (C=O) groups is 1. The molecular formula is C22H24F3N3O3. The number of hydroxylamine groups is 1. The Bertz CT molecular complexity index is 999. The smallest absolute Gasteiger partial charge is 0.380 e. The van der Waals surface area contributed by atoms with Gasteiger partial charge in [-0.1, -0.05) is 31.2 Å². The van der Waals surface area contributed by atoms with Crippen LogP contribution in [0.1, 0.15) is 46.8 Å². The number of aromatic nitrogens is 1. The number of hydrogen-bond donors (Lipinski definition) is 3. The van der Waals surface area contributed by atoms with Gasteiger partial charge < -0.3 is 10.0 Å². The normalized spacial score (nSPS) is 21.6. The van der Waals surface area contributed by atoms with E-state index < -0.39 is 28.5 Å². The number of likely N-dealkylation sites (tertiary alicyclic amines) is 1. The van der Waals surface area contributed by atoms with Gasteiger partial charge >= 0.3 is 6.18 Å². The highest BCUT2D eigenvalue weighted by molar-refractivity contribution is 5.93. The van der Waals surface area contributed by atoms with E-state index in [0.29, 0.717) is 24.2 Å². The van der Waals surface area contributed by atoms with Crippen LogP contribution in [-0.4, -0.2) is 52.4 Å². The molecule has 1 aromatic carbocycles. The van der Waals surface area contributed by atoms with Crippen molar-refractivity contribution in [2.75, 3.05) is 20.1 Å². The van der Waals surface area contributed by atoms with Gasteiger partial charge in [-0.05, 0) is 37.1 Å². The van der Waals surface area contributed by atoms with Crippen molar-refractivity contribution in [3.8, 4) is 0 Å². The summed E-state index contributed by atoms with van der Waals surface area (Å²) in [5.41, 5.74) is -1.53. The van der Waals surface area contributed by atoms with Crippen molar-refractivity contribution in [3.63, 3.8) is 0 Å². The Kier molecular flexibility index (Phi) is 4.92. The lowest BCUT2D eigenvalue weighted by Crippen LogP contribution is -2.63. The van der Waals surface area contributed by atoms with Crippen LogP contribution in [0.4, 0.5) is 13.2 Å². The Balaban J connectivity index is 1.79. The number of pyridine rings is 1. The summed E-state index contributed by atoms with van der Waals surface area (Å²) in [5.74, 6) is -0.774. The Morgan fingerprint density at radius 2 is 1.74 bits per heavy atom. The molecule has 1 saturated carbocycles. The topological polar surface area (TPSA) is 85.7 Å². The van der Waals surface area contributed by atoms with Crippen molar-refractivity contribution in [1.82, 2.24) is 15.4 Å². The Morgan fingerprint density at radius 3 is 2.23 bits per heavy atom. The van der Waals surface area contributed by atoms with Crippen molar-refractivity contribution >= 4 is 5.91 Å². The van der Waals surface area contributed by atoms with Gasteiger partial charge in [0.15, 0.2) is 0 Å². The number of hydrogen-bond acceptors (Lipinski definition) is 5. The predicted molar refractivity (Wildman–Crippen MR) is 106 cm³/mol. The fourth-order valence-corrected chi connectivity index (χ4v) is 4.96. The van der Waals surface area contributed by atoms with Crippen LogP contribution in [0.3, 0.4) is 0 Å². The number of carbonyl (C=O) groups excluding carboxylic acids is 1. The Labute approximate surface area is 177 Å². The van der Waals surface area contributed by atoms with Gasteiger partial charge in [0.2, 0.25) is 0 Å². The number of halogens is 3. The summed E-state index contributed by atoms with van der Waals surface area (Å²) < 4.78 is 40.5. The molecule has 1 atom stereocenters. The number of amides is 1. The lowest BCUT2D eigenvalue weighted by atomic mass is 9.62. The second-order valence-corrected chi connectivity index (χ2v) is 9.00. The van der Waals surface area contributed by atoms with Crippen LogP contribution in [0, 0.1) is 5.41 Å². The summed E-state index contributed by atoms with van der Waals surface area (Å²) in [6, 6.07) is 7.37. The SMILES string of the molecule is CN1CC(C)([C@](O)(c2ccc(C3(C(F)(F)F)CC3)cc2)c2cncc(C(=O)NO)c2)C1. The number of aliphatic hydroxyl groups is 1. The van der Waals surface area contributed by atoms with E-state index in [1.54, 1.807) is 5.48 Å². The second kappa shape index (κ2) is 7.01. The Morgan fingerprint density at radius 1 is 1.13 bits per heavy atom. The lowest BCUT2D eigenvalue weighted by molar-refractivity contribution is -0.160. The van der Waals surface area contributed by atoms with E-state index >= 15 is 0 Å². The van der Waals surface area contributed by atoms with E-state index in [-0.39, 0.29) is 24.0 Å². The number of rotatable bonds is 5. The summed E-state index contributed by atoms with van der Waals surface area (Å²) in [5, 5.41) is 21.0. The van der Waals surface area contributed by atoms with Gasteiger partial charge in [-0.15, -0.1) is 0 Å². The Hall–Kier alpha value is -2.49. The number of alkyl halides is 3. The van der Waals surface area contributed by atoms with Crippen LogP contribution < -0.4 is 5.48 Å². The summed E-state index contributed by atoms with van der Waals surface area (Å²) in [4.78, 5) is 17.9. The highest BCUT2D eigenvalue weighted by atomic mass is 19.4. The van der Waals surface area contributed by atoms with Crippen molar-refractivity contribution in [3.05, 3.63) is 65.0 Å². The zero-order chi connectivity index (χ0) is 22.7. The zero-order valence-electron chi connectivity index (χ0n) is 17.2. The lowest BCUT2D eigenvalue weighted by Gasteiger charge is -2.55. The van der Waals surface area contributed by atoms with Gasteiger partial charge in [-0.3, -0.25) is 15.0 Å². The largest absolute Gasteiger partial charge is 0.398 e. The third kappa shape index (κ3) is 3.22. The van der Waals surface area contributed by atoms with Crippen LogP contribution in [-0.2, 0) is 11.0 Å². The maximum Gasteiger partial charge on any atom is 0.398 e. The quantitative estimate of drug-likeness (QED) is 0.497. The maximum atomic E-state index is 13.5. The van der Waals surface area contributed by atoms with Gasteiger partial charge in [-0.25, -0.2) is 5.48 Å². The van der Waals surface area contributed by atoms with Gasteiger partial charge in [0.1, 0.15) is 5.60 Å². The molecule has 1 saturated heterocycles. The molecule has 1 aliphatic heterocycles. The monoisotopic (exact) mass is 435 g/mol. The van der Waals surface area contributed by atoms with Crippen molar-refractivity contribution in [2.24, 2.45) is 5.41 Å². The first-order chi connectivity index (χ1) is 14.5. The molecule has 2 aliphatic rings. The molecule has 1 amide bonds. The standard InChI is InChI=1S/C22H24F3N3O3/c1-19(12-28(2)13-19)21(30,17-9-14(10-26-11-17)18(29)27-31)16-5-3-15(4-6-16)20(7-8-20)22(23,24)25/h3-6,9-11,30-31H,7-8,12-13H2,1-2H3,(H,27,29)/t21-/m0/s1. The van der Waals surface area contributed by atoms with E-state index in [1.807, 2.05) is 18.9 Å². The van der Waals surface area contributed by atoms with Crippen LogP contribution in [0.25, 0.3) is 0 Å². The van der Waals surface area contributed by atoms with Crippen molar-refractivity contribution < 1.29 is 28.3 Å². The molecule has 4 rings (SSSR count). The maximum absolute atomic E-state index is 13.5. The first-order valence-corrected chi connectivity index (χ1v) is 9.95. The highest BCUT2D eigenvalue weighted by Crippen LogP contribution is 2.59. The van der Waals surface area contributed by atoms with E-state index in [1.165, 1.54) is 42.7 Å². The first-order valence-electron chi connectivity index (χ1n) is 9.95. The van der Waals surface area contributed by atoms with E-state index in [0.717, 1.165) is 0 Å². The summed E-state index contributed by atoms with van der Waals surface area (Å²) in [6.45, 7) is 2.96. The molecule has 0 radical (unpaired) electrons. The predicted octanol–water partition coefficient (Wildman–Crippen LogP) is 2.98. The number of benzene rings is 1. The number of nitrogens with one attached hydrogen (secondary N) is 1. The fourth-order valence-electron chi connectivity index (χ4n) is 4.96. The van der Waals surface area contributed by atoms with Gasteiger partial charge in [0.05, 0.1) is 11.0 Å². The summed E-state index contributed by atoms with van der Waals surface area (Å²) in [7, 11) is 1.90. The summed E-state index contributed by atoms with van der Waals surface area (Å²) >= 11 is 0. The molecule has 2 aromatic rings. The minimum atomic E-state index is -4.32. The number of nitrogens with zero attached hydrogens (tertiary/aromatic N) is 2. The molecule has 0 spiro atoms. The molecule has 2 heterocycles. The third-order valence-corrected chi connectivity index (χ3v) is 6.78. The molecule has 31 heavy (non-hydrogen) atoms. The third-order valence-electron chi connectivity index (χ3n) is 6.78.